The highest BCUT2D eigenvalue weighted by atomic mass is 32.1. The van der Waals surface area contributed by atoms with Crippen molar-refractivity contribution in [3.8, 4) is 0 Å². The number of thiol groups is 1. The molecule has 1 amide bonds. The molecule has 0 heterocycles. The van der Waals surface area contributed by atoms with Crippen LogP contribution in [0.4, 0.5) is 4.79 Å². The van der Waals surface area contributed by atoms with Crippen LogP contribution in [0.2, 0.25) is 0 Å². The van der Waals surface area contributed by atoms with E-state index in [0.29, 0.717) is 10.5 Å². The molecule has 0 aliphatic carbocycles. The summed E-state index contributed by atoms with van der Waals surface area (Å²) in [5, 5.41) is 22.3. The lowest BCUT2D eigenvalue weighted by atomic mass is 10.0. The Kier molecular flexibility index (Phi) is 5.86. The van der Waals surface area contributed by atoms with Crippen molar-refractivity contribution in [2.24, 2.45) is 0 Å². The van der Waals surface area contributed by atoms with Crippen molar-refractivity contribution in [1.29, 1.82) is 0 Å². The summed E-state index contributed by atoms with van der Waals surface area (Å²) in [4.78, 5) is 12.1. The maximum atomic E-state index is 11.4. The van der Waals surface area contributed by atoms with Crippen molar-refractivity contribution in [3.05, 3.63) is 29.8 Å². The highest BCUT2D eigenvalue weighted by molar-refractivity contribution is 7.80. The Labute approximate surface area is 124 Å². The van der Waals surface area contributed by atoms with Crippen LogP contribution >= 0.6 is 12.6 Å². The van der Waals surface area contributed by atoms with Crippen LogP contribution in [0, 0.1) is 0 Å². The highest BCUT2D eigenvalue weighted by Crippen LogP contribution is 2.19. The van der Waals surface area contributed by atoms with E-state index in [2.05, 4.69) is 17.9 Å². The highest BCUT2D eigenvalue weighted by Gasteiger charge is 2.21. The summed E-state index contributed by atoms with van der Waals surface area (Å²) in [6.45, 7) is 5.13. The summed E-state index contributed by atoms with van der Waals surface area (Å²) in [5.74, 6) is 0. The molecular weight excluding hydrogens is 278 g/mol. The number of nitrogens with one attached hydrogen (secondary N) is 1. The molecule has 112 valence electrons. The summed E-state index contributed by atoms with van der Waals surface area (Å²) in [7, 11) is 0. The number of hydrogen-bond donors (Lipinski definition) is 4. The molecule has 0 aliphatic rings. The van der Waals surface area contributed by atoms with E-state index in [0.717, 1.165) is 0 Å². The van der Waals surface area contributed by atoms with E-state index in [1.54, 1.807) is 45.0 Å². The van der Waals surface area contributed by atoms with Crippen LogP contribution < -0.4 is 5.32 Å². The lowest BCUT2D eigenvalue weighted by Crippen LogP contribution is -2.38. The van der Waals surface area contributed by atoms with Crippen molar-refractivity contribution in [1.82, 2.24) is 5.32 Å². The monoisotopic (exact) mass is 299 g/mol. The summed E-state index contributed by atoms with van der Waals surface area (Å²) >= 11 is 4.17. The lowest BCUT2D eigenvalue weighted by molar-refractivity contribution is 0.0128. The predicted molar refractivity (Wildman–Crippen MR) is 78.9 cm³/mol. The molecule has 1 aromatic carbocycles. The van der Waals surface area contributed by atoms with Gasteiger partial charge in [-0.2, -0.15) is 0 Å². The van der Waals surface area contributed by atoms with Gasteiger partial charge in [0.25, 0.3) is 0 Å². The number of ether oxygens (including phenoxy) is 1. The minimum atomic E-state index is -1.13. The minimum absolute atomic E-state index is 0.104. The van der Waals surface area contributed by atoms with Crippen molar-refractivity contribution in [3.63, 3.8) is 0 Å². The van der Waals surface area contributed by atoms with Crippen LogP contribution in [0.3, 0.4) is 0 Å². The van der Waals surface area contributed by atoms with E-state index in [9.17, 15) is 15.0 Å². The molecule has 0 saturated carbocycles. The second-order valence-corrected chi connectivity index (χ2v) is 6.01. The Hall–Kier alpha value is -1.24. The predicted octanol–water partition coefficient (Wildman–Crippen LogP) is 1.89. The number of alkyl carbamates (subject to hydrolysis) is 1. The van der Waals surface area contributed by atoms with Gasteiger partial charge in [0.2, 0.25) is 0 Å². The summed E-state index contributed by atoms with van der Waals surface area (Å²) in [5.41, 5.74) is -0.0652. The number of aliphatic hydroxyl groups is 2. The van der Waals surface area contributed by atoms with E-state index in [4.69, 9.17) is 4.74 Å². The molecule has 2 unspecified atom stereocenters. The molecule has 0 saturated heterocycles. The molecule has 0 bridgehead atoms. The van der Waals surface area contributed by atoms with Gasteiger partial charge in [-0.3, -0.25) is 0 Å². The minimum Gasteiger partial charge on any atom is -0.444 e. The van der Waals surface area contributed by atoms with Crippen molar-refractivity contribution < 1.29 is 19.7 Å². The number of aliphatic hydroxyl groups excluding tert-OH is 2. The van der Waals surface area contributed by atoms with Crippen molar-refractivity contribution >= 4 is 18.7 Å². The number of amides is 1. The fourth-order valence-corrected chi connectivity index (χ4v) is 1.78. The fraction of sp³-hybridized carbons (Fsp3) is 0.500. The van der Waals surface area contributed by atoms with Crippen LogP contribution in [0.5, 0.6) is 0 Å². The maximum Gasteiger partial charge on any atom is 0.407 e. The Bertz CT molecular complexity index is 459. The van der Waals surface area contributed by atoms with Crippen LogP contribution in [-0.2, 0) is 4.74 Å². The quantitative estimate of drug-likeness (QED) is 0.640. The second kappa shape index (κ2) is 6.97. The number of rotatable bonds is 4. The summed E-state index contributed by atoms with van der Waals surface area (Å²) < 4.78 is 5.04. The summed E-state index contributed by atoms with van der Waals surface area (Å²) in [6.07, 6.45) is -2.86. The van der Waals surface area contributed by atoms with Crippen LogP contribution in [0.1, 0.15) is 32.4 Å². The molecule has 6 heteroatoms. The van der Waals surface area contributed by atoms with Crippen molar-refractivity contribution in [2.45, 2.75) is 43.5 Å². The van der Waals surface area contributed by atoms with Gasteiger partial charge in [-0.25, -0.2) is 4.79 Å². The molecule has 0 spiro atoms. The Morgan fingerprint density at radius 3 is 2.60 bits per heavy atom. The van der Waals surface area contributed by atoms with Gasteiger partial charge in [0.1, 0.15) is 17.8 Å². The van der Waals surface area contributed by atoms with Gasteiger partial charge >= 0.3 is 6.09 Å². The third-order valence-corrected chi connectivity index (χ3v) is 2.71. The van der Waals surface area contributed by atoms with Gasteiger partial charge in [-0.05, 0) is 38.5 Å². The first-order chi connectivity index (χ1) is 9.19. The zero-order valence-electron chi connectivity index (χ0n) is 11.8. The SMILES string of the molecule is CC(C)(C)OC(=O)NCC(O)C(O)c1cccc(S)c1. The van der Waals surface area contributed by atoms with E-state index in [-0.39, 0.29) is 6.54 Å². The van der Waals surface area contributed by atoms with Gasteiger partial charge in [0.05, 0.1) is 0 Å². The molecule has 0 fully saturated rings. The molecule has 1 rings (SSSR count). The first-order valence-corrected chi connectivity index (χ1v) is 6.75. The molecule has 1 aromatic rings. The van der Waals surface area contributed by atoms with E-state index < -0.39 is 23.9 Å². The fourth-order valence-electron chi connectivity index (χ4n) is 1.54. The smallest absolute Gasteiger partial charge is 0.407 e. The van der Waals surface area contributed by atoms with Gasteiger partial charge in [0, 0.05) is 11.4 Å². The molecule has 2 atom stereocenters. The lowest BCUT2D eigenvalue weighted by Gasteiger charge is -2.22. The van der Waals surface area contributed by atoms with Gasteiger partial charge < -0.3 is 20.3 Å². The normalized spacial score (nSPS) is 14.5. The number of carbonyl (C=O) groups is 1. The van der Waals surface area contributed by atoms with Crippen LogP contribution in [0.25, 0.3) is 0 Å². The third kappa shape index (κ3) is 5.81. The third-order valence-electron chi connectivity index (χ3n) is 2.43. The largest absolute Gasteiger partial charge is 0.444 e. The van der Waals surface area contributed by atoms with Gasteiger partial charge in [-0.1, -0.05) is 12.1 Å². The average Bonchev–Trinajstić information content (AvgIpc) is 2.33. The van der Waals surface area contributed by atoms with Crippen LogP contribution in [-0.4, -0.2) is 34.6 Å². The molecular formula is C14H21NO4S. The summed E-state index contributed by atoms with van der Waals surface area (Å²) in [6, 6.07) is 6.84. The molecule has 0 aromatic heterocycles. The average molecular weight is 299 g/mol. The van der Waals surface area contributed by atoms with Crippen LogP contribution in [0.15, 0.2) is 29.2 Å². The van der Waals surface area contributed by atoms with Gasteiger partial charge in [0.15, 0.2) is 0 Å². The number of carbonyl (C=O) groups excluding carboxylic acids is 1. The van der Waals surface area contributed by atoms with E-state index >= 15 is 0 Å². The topological polar surface area (TPSA) is 78.8 Å². The Morgan fingerprint density at radius 2 is 2.05 bits per heavy atom. The first kappa shape index (κ1) is 16.8. The zero-order chi connectivity index (χ0) is 15.3. The van der Waals surface area contributed by atoms with Gasteiger partial charge in [-0.15, -0.1) is 12.6 Å². The molecule has 20 heavy (non-hydrogen) atoms. The molecule has 0 radical (unpaired) electrons. The number of benzene rings is 1. The number of hydrogen-bond acceptors (Lipinski definition) is 5. The maximum absolute atomic E-state index is 11.4. The standard InChI is InChI=1S/C14H21NO4S/c1-14(2,3)19-13(18)15-8-11(16)12(17)9-5-4-6-10(20)7-9/h4-7,11-12,16-17,20H,8H2,1-3H3,(H,15,18). The Balaban J connectivity index is 2.50. The first-order valence-electron chi connectivity index (χ1n) is 6.31. The second-order valence-electron chi connectivity index (χ2n) is 5.49. The molecule has 0 aliphatic heterocycles. The molecule has 3 N–H and O–H groups in total. The Morgan fingerprint density at radius 1 is 1.40 bits per heavy atom. The molecule has 5 nitrogen and oxygen atoms in total. The zero-order valence-corrected chi connectivity index (χ0v) is 12.7. The van der Waals surface area contributed by atoms with E-state index in [1.165, 1.54) is 0 Å². The van der Waals surface area contributed by atoms with E-state index in [1.807, 2.05) is 0 Å². The van der Waals surface area contributed by atoms with Crippen molar-refractivity contribution in [2.75, 3.05) is 6.54 Å².